The Balaban J connectivity index is 1.68. The molecule has 0 fully saturated rings. The van der Waals surface area contributed by atoms with Gasteiger partial charge in [0.25, 0.3) is 20.0 Å². The summed E-state index contributed by atoms with van der Waals surface area (Å²) in [5.41, 5.74) is 3.47. The van der Waals surface area contributed by atoms with Gasteiger partial charge in [-0.2, -0.15) is 0 Å². The molecule has 3 aromatic carbocycles. The molecule has 3 aromatic rings. The molecule has 0 amide bonds. The van der Waals surface area contributed by atoms with Crippen LogP contribution in [0.15, 0.2) is 70.5 Å². The lowest BCUT2D eigenvalue weighted by Gasteiger charge is -2.31. The summed E-state index contributed by atoms with van der Waals surface area (Å²) in [6.45, 7) is 4.10. The van der Waals surface area contributed by atoms with E-state index in [-0.39, 0.29) is 15.5 Å². The van der Waals surface area contributed by atoms with Crippen LogP contribution < -0.4 is 13.8 Å². The van der Waals surface area contributed by atoms with Crippen LogP contribution >= 0.6 is 0 Å². The minimum Gasteiger partial charge on any atom is -0.495 e. The first-order chi connectivity index (χ1) is 15.6. The lowest BCUT2D eigenvalue weighted by molar-refractivity contribution is 0.402. The third-order valence-corrected chi connectivity index (χ3v) is 9.04. The van der Waals surface area contributed by atoms with E-state index in [1.54, 1.807) is 60.7 Å². The molecule has 1 aliphatic rings. The lowest BCUT2D eigenvalue weighted by Crippen LogP contribution is -2.35. The minimum absolute atomic E-state index is 0.0547. The molecular formula is C24H26N2O5S2. The predicted molar refractivity (Wildman–Crippen MR) is 129 cm³/mol. The number of aryl methyl sites for hydroxylation is 3. The Kier molecular flexibility index (Phi) is 6.11. The van der Waals surface area contributed by atoms with Crippen molar-refractivity contribution in [3.05, 3.63) is 77.4 Å². The van der Waals surface area contributed by atoms with Crippen LogP contribution in [0.2, 0.25) is 0 Å². The highest BCUT2D eigenvalue weighted by Crippen LogP contribution is 2.35. The van der Waals surface area contributed by atoms with E-state index in [2.05, 4.69) is 4.72 Å². The Labute approximate surface area is 195 Å². The molecule has 4 rings (SSSR count). The Bertz CT molecular complexity index is 1400. The van der Waals surface area contributed by atoms with E-state index in [9.17, 15) is 16.8 Å². The van der Waals surface area contributed by atoms with Gasteiger partial charge in [0.05, 0.1) is 17.7 Å². The van der Waals surface area contributed by atoms with Gasteiger partial charge in [0.1, 0.15) is 10.6 Å². The molecule has 1 aliphatic heterocycles. The average molecular weight is 487 g/mol. The van der Waals surface area contributed by atoms with Crippen LogP contribution in [-0.4, -0.2) is 30.5 Å². The molecule has 9 heteroatoms. The highest BCUT2D eigenvalue weighted by atomic mass is 32.2. The Morgan fingerprint density at radius 1 is 0.909 bits per heavy atom. The number of rotatable bonds is 6. The van der Waals surface area contributed by atoms with E-state index in [0.717, 1.165) is 16.7 Å². The van der Waals surface area contributed by atoms with Gasteiger partial charge in [0, 0.05) is 12.2 Å². The van der Waals surface area contributed by atoms with Gasteiger partial charge in [-0.3, -0.25) is 9.03 Å². The van der Waals surface area contributed by atoms with Crippen molar-refractivity contribution in [3.63, 3.8) is 0 Å². The summed E-state index contributed by atoms with van der Waals surface area (Å²) in [6.07, 6.45) is 1.29. The third kappa shape index (κ3) is 4.43. The Morgan fingerprint density at radius 3 is 2.30 bits per heavy atom. The summed E-state index contributed by atoms with van der Waals surface area (Å²) >= 11 is 0. The molecule has 1 heterocycles. The number of nitrogens with zero attached hydrogens (tertiary/aromatic N) is 1. The molecule has 1 N–H and O–H groups in total. The van der Waals surface area contributed by atoms with E-state index in [1.165, 1.54) is 11.4 Å². The Hall–Kier alpha value is -3.04. The molecule has 0 spiro atoms. The van der Waals surface area contributed by atoms with Crippen LogP contribution in [0.4, 0.5) is 11.4 Å². The quantitative estimate of drug-likeness (QED) is 0.562. The SMILES string of the molecule is COc1cc(C)c(C)cc1S(=O)(=O)Nc1ccc2c(c1)CCCN2S(=O)(=O)c1ccccc1. The van der Waals surface area contributed by atoms with Crippen molar-refractivity contribution in [1.82, 2.24) is 0 Å². The van der Waals surface area contributed by atoms with Crippen molar-refractivity contribution in [2.45, 2.75) is 36.5 Å². The van der Waals surface area contributed by atoms with Crippen LogP contribution in [0.1, 0.15) is 23.1 Å². The smallest absolute Gasteiger partial charge is 0.265 e. The van der Waals surface area contributed by atoms with Crippen molar-refractivity contribution in [1.29, 1.82) is 0 Å². The fraction of sp³-hybridized carbons (Fsp3) is 0.250. The molecule has 7 nitrogen and oxygen atoms in total. The number of methoxy groups -OCH3 is 1. The van der Waals surface area contributed by atoms with Gasteiger partial charge in [0.15, 0.2) is 0 Å². The van der Waals surface area contributed by atoms with Crippen molar-refractivity contribution >= 4 is 31.4 Å². The standard InChI is InChI=1S/C24H26N2O5S2/c1-17-14-23(31-3)24(15-18(17)2)32(27,28)25-20-11-12-22-19(16-20)8-7-13-26(22)33(29,30)21-9-5-4-6-10-21/h4-6,9-12,14-16,25H,7-8,13H2,1-3H3. The van der Waals surface area contributed by atoms with Gasteiger partial charge in [-0.25, -0.2) is 16.8 Å². The largest absolute Gasteiger partial charge is 0.495 e. The summed E-state index contributed by atoms with van der Waals surface area (Å²) in [6, 6.07) is 16.5. The molecule has 0 saturated heterocycles. The summed E-state index contributed by atoms with van der Waals surface area (Å²) < 4.78 is 61.9. The second kappa shape index (κ2) is 8.72. The van der Waals surface area contributed by atoms with Crippen molar-refractivity contribution in [2.75, 3.05) is 22.7 Å². The number of ether oxygens (including phenoxy) is 1. The van der Waals surface area contributed by atoms with Crippen molar-refractivity contribution in [3.8, 4) is 5.75 Å². The van der Waals surface area contributed by atoms with E-state index in [4.69, 9.17) is 4.74 Å². The molecule has 0 unspecified atom stereocenters. The van der Waals surface area contributed by atoms with E-state index in [0.29, 0.717) is 30.8 Å². The van der Waals surface area contributed by atoms with Gasteiger partial charge in [-0.15, -0.1) is 0 Å². The molecule has 33 heavy (non-hydrogen) atoms. The van der Waals surface area contributed by atoms with E-state index in [1.807, 2.05) is 13.8 Å². The maximum Gasteiger partial charge on any atom is 0.265 e. The van der Waals surface area contributed by atoms with Gasteiger partial charge in [0.2, 0.25) is 0 Å². The monoisotopic (exact) mass is 486 g/mol. The number of sulfonamides is 2. The summed E-state index contributed by atoms with van der Waals surface area (Å²) in [4.78, 5) is 0.281. The number of nitrogens with one attached hydrogen (secondary N) is 1. The minimum atomic E-state index is -3.91. The maximum atomic E-state index is 13.2. The highest BCUT2D eigenvalue weighted by Gasteiger charge is 2.29. The van der Waals surface area contributed by atoms with Crippen molar-refractivity contribution < 1.29 is 21.6 Å². The average Bonchev–Trinajstić information content (AvgIpc) is 2.80. The Morgan fingerprint density at radius 2 is 1.61 bits per heavy atom. The van der Waals surface area contributed by atoms with Crippen LogP contribution in [0.5, 0.6) is 5.75 Å². The molecule has 0 aliphatic carbocycles. The molecule has 0 radical (unpaired) electrons. The fourth-order valence-corrected chi connectivity index (χ4v) is 6.79. The van der Waals surface area contributed by atoms with Crippen LogP contribution in [0, 0.1) is 13.8 Å². The zero-order valence-corrected chi connectivity index (χ0v) is 20.3. The first-order valence-electron chi connectivity index (χ1n) is 10.5. The second-order valence-electron chi connectivity index (χ2n) is 8.03. The maximum absolute atomic E-state index is 13.2. The summed E-state index contributed by atoms with van der Waals surface area (Å²) in [5.74, 6) is 0.267. The van der Waals surface area contributed by atoms with Crippen LogP contribution in [0.25, 0.3) is 0 Å². The summed E-state index contributed by atoms with van der Waals surface area (Å²) in [7, 11) is -6.19. The molecule has 0 atom stereocenters. The van der Waals surface area contributed by atoms with Gasteiger partial charge in [-0.1, -0.05) is 18.2 Å². The van der Waals surface area contributed by atoms with Crippen molar-refractivity contribution in [2.24, 2.45) is 0 Å². The zero-order valence-electron chi connectivity index (χ0n) is 18.7. The van der Waals surface area contributed by atoms with Gasteiger partial charge >= 0.3 is 0 Å². The van der Waals surface area contributed by atoms with Crippen LogP contribution in [0.3, 0.4) is 0 Å². The predicted octanol–water partition coefficient (Wildman–Crippen LogP) is 4.25. The summed E-state index contributed by atoms with van der Waals surface area (Å²) in [5, 5.41) is 0. The molecular weight excluding hydrogens is 460 g/mol. The number of hydrogen-bond acceptors (Lipinski definition) is 5. The third-order valence-electron chi connectivity index (χ3n) is 5.81. The number of anilines is 2. The highest BCUT2D eigenvalue weighted by molar-refractivity contribution is 7.93. The van der Waals surface area contributed by atoms with E-state index < -0.39 is 20.0 Å². The topological polar surface area (TPSA) is 92.8 Å². The second-order valence-corrected chi connectivity index (χ2v) is 11.5. The van der Waals surface area contributed by atoms with Gasteiger partial charge < -0.3 is 4.74 Å². The molecule has 0 bridgehead atoms. The zero-order chi connectivity index (χ0) is 23.8. The first-order valence-corrected chi connectivity index (χ1v) is 13.4. The van der Waals surface area contributed by atoms with E-state index >= 15 is 0 Å². The van der Waals surface area contributed by atoms with Gasteiger partial charge in [-0.05, 0) is 85.8 Å². The molecule has 0 saturated carbocycles. The van der Waals surface area contributed by atoms with Crippen LogP contribution in [-0.2, 0) is 26.5 Å². The molecule has 0 aromatic heterocycles. The fourth-order valence-electron chi connectivity index (χ4n) is 3.94. The molecule has 174 valence electrons. The number of hydrogen-bond donors (Lipinski definition) is 1. The lowest BCUT2D eigenvalue weighted by atomic mass is 10.0. The number of benzene rings is 3. The number of fused-ring (bicyclic) bond motifs is 1. The first kappa shape index (κ1) is 23.1. The normalized spacial score (nSPS) is 14.0.